The van der Waals surface area contributed by atoms with Gasteiger partial charge in [0.25, 0.3) is 11.1 Å². The minimum absolute atomic E-state index is 0.123. The van der Waals surface area contributed by atoms with Gasteiger partial charge in [0.2, 0.25) is 12.7 Å². The van der Waals surface area contributed by atoms with Crippen LogP contribution in [-0.2, 0) is 9.59 Å². The molecule has 3 amide bonds. The van der Waals surface area contributed by atoms with Crippen LogP contribution >= 0.6 is 11.8 Å². The first-order valence-electron chi connectivity index (χ1n) is 11.1. The van der Waals surface area contributed by atoms with E-state index in [0.717, 1.165) is 45.1 Å². The summed E-state index contributed by atoms with van der Waals surface area (Å²) < 4.78 is 17.9. The van der Waals surface area contributed by atoms with Gasteiger partial charge in [-0.1, -0.05) is 0 Å². The number of rotatable bonds is 6. The molecule has 0 spiro atoms. The Balaban J connectivity index is 1.31. The molecular weight excluding hydrogens is 482 g/mol. The molecule has 9 nitrogen and oxygen atoms in total. The van der Waals surface area contributed by atoms with Gasteiger partial charge in [-0.25, -0.2) is 0 Å². The molecule has 0 unspecified atom stereocenters. The number of thioether (sulfide) groups is 1. The highest BCUT2D eigenvalue weighted by Gasteiger charge is 2.36. The third-order valence-electron chi connectivity index (χ3n) is 5.92. The number of imide groups is 1. The van der Waals surface area contributed by atoms with Crippen LogP contribution in [0.4, 0.5) is 10.5 Å². The molecule has 1 fully saturated rings. The minimum atomic E-state index is -0.500. The number of carbonyl (C=O) groups excluding carboxylic acids is 3. The maximum atomic E-state index is 13.0. The van der Waals surface area contributed by atoms with Gasteiger partial charge < -0.3 is 24.1 Å². The number of amides is 3. The zero-order valence-electron chi connectivity index (χ0n) is 19.9. The quantitative estimate of drug-likeness (QED) is 0.492. The first kappa shape index (κ1) is 23.6. The fourth-order valence-corrected chi connectivity index (χ4v) is 4.99. The summed E-state index contributed by atoms with van der Waals surface area (Å²) in [6.45, 7) is 3.66. The summed E-state index contributed by atoms with van der Waals surface area (Å²) >= 11 is 0.822. The second-order valence-corrected chi connectivity index (χ2v) is 9.24. The van der Waals surface area contributed by atoms with Gasteiger partial charge in [-0.2, -0.15) is 0 Å². The van der Waals surface area contributed by atoms with Crippen LogP contribution in [0.25, 0.3) is 11.8 Å². The van der Waals surface area contributed by atoms with E-state index in [-0.39, 0.29) is 18.2 Å². The number of nitrogens with zero attached hydrogens (tertiary/aromatic N) is 2. The SMILES string of the molecule is COc1ccc(-n2c(C)cc(/C=C3\SC(=O)N(CC(=O)Nc4ccc5c(c4)OCO5)C3=O)c2C)cc1. The van der Waals surface area contributed by atoms with Crippen LogP contribution in [0, 0.1) is 13.8 Å². The second kappa shape index (κ2) is 9.46. The van der Waals surface area contributed by atoms with Gasteiger partial charge in [-0.05, 0) is 79.7 Å². The first-order valence-corrected chi connectivity index (χ1v) is 11.9. The Bertz CT molecular complexity index is 1410. The molecule has 1 saturated heterocycles. The lowest BCUT2D eigenvalue weighted by atomic mass is 10.2. The summed E-state index contributed by atoms with van der Waals surface area (Å²) in [5, 5.41) is 2.20. The Morgan fingerprint density at radius 3 is 2.58 bits per heavy atom. The molecule has 5 rings (SSSR count). The standard InChI is InChI=1S/C26H23N3O6S/c1-15-10-17(16(2)29(15)19-5-7-20(33-3)8-6-19)11-23-25(31)28(26(32)36-23)13-24(30)27-18-4-9-21-22(12-18)35-14-34-21/h4-12H,13-14H2,1-3H3,(H,27,30)/b23-11-. The fraction of sp³-hybridized carbons (Fsp3) is 0.192. The number of hydrogen-bond acceptors (Lipinski definition) is 7. The van der Waals surface area contributed by atoms with Crippen molar-refractivity contribution in [2.24, 2.45) is 0 Å². The molecule has 184 valence electrons. The predicted molar refractivity (Wildman–Crippen MR) is 136 cm³/mol. The van der Waals surface area contributed by atoms with Gasteiger partial charge in [0.05, 0.1) is 12.0 Å². The van der Waals surface area contributed by atoms with E-state index in [1.54, 1.807) is 31.4 Å². The van der Waals surface area contributed by atoms with E-state index in [0.29, 0.717) is 17.2 Å². The van der Waals surface area contributed by atoms with Crippen molar-refractivity contribution >= 4 is 40.6 Å². The fourth-order valence-electron chi connectivity index (χ4n) is 4.16. The largest absolute Gasteiger partial charge is 0.497 e. The van der Waals surface area contributed by atoms with Crippen molar-refractivity contribution in [2.45, 2.75) is 13.8 Å². The molecule has 2 aliphatic rings. The normalized spacial score (nSPS) is 15.6. The van der Waals surface area contributed by atoms with Crippen molar-refractivity contribution < 1.29 is 28.6 Å². The molecule has 3 aromatic rings. The number of ether oxygens (including phenoxy) is 3. The lowest BCUT2D eigenvalue weighted by Gasteiger charge is -2.12. The summed E-state index contributed by atoms with van der Waals surface area (Å²) in [6.07, 6.45) is 1.70. The number of anilines is 1. The van der Waals surface area contributed by atoms with Crippen LogP contribution < -0.4 is 19.5 Å². The zero-order chi connectivity index (χ0) is 25.4. The number of methoxy groups -OCH3 is 1. The summed E-state index contributed by atoms with van der Waals surface area (Å²) in [5.41, 5.74) is 4.16. The van der Waals surface area contributed by atoms with E-state index in [2.05, 4.69) is 9.88 Å². The number of nitrogens with one attached hydrogen (secondary N) is 1. The molecule has 2 aromatic carbocycles. The Hall–Kier alpha value is -4.18. The van der Waals surface area contributed by atoms with E-state index in [4.69, 9.17) is 14.2 Å². The van der Waals surface area contributed by atoms with Crippen molar-refractivity contribution in [3.63, 3.8) is 0 Å². The van der Waals surface area contributed by atoms with Crippen LogP contribution in [0.3, 0.4) is 0 Å². The van der Waals surface area contributed by atoms with Crippen LogP contribution in [0.15, 0.2) is 53.4 Å². The van der Waals surface area contributed by atoms with Crippen molar-refractivity contribution in [1.82, 2.24) is 9.47 Å². The maximum absolute atomic E-state index is 13.0. The maximum Gasteiger partial charge on any atom is 0.294 e. The summed E-state index contributed by atoms with van der Waals surface area (Å²) in [5.74, 6) is 0.887. The minimum Gasteiger partial charge on any atom is -0.497 e. The van der Waals surface area contributed by atoms with E-state index in [1.165, 1.54) is 0 Å². The van der Waals surface area contributed by atoms with Crippen LogP contribution in [0.1, 0.15) is 17.0 Å². The lowest BCUT2D eigenvalue weighted by Crippen LogP contribution is -2.36. The zero-order valence-corrected chi connectivity index (χ0v) is 20.7. The predicted octanol–water partition coefficient (Wildman–Crippen LogP) is 4.51. The smallest absolute Gasteiger partial charge is 0.294 e. The molecule has 0 bridgehead atoms. The molecule has 36 heavy (non-hydrogen) atoms. The van der Waals surface area contributed by atoms with Gasteiger partial charge in [0.15, 0.2) is 11.5 Å². The molecule has 1 aromatic heterocycles. The third kappa shape index (κ3) is 4.42. The average molecular weight is 506 g/mol. The van der Waals surface area contributed by atoms with Crippen molar-refractivity contribution in [3.8, 4) is 22.9 Å². The highest BCUT2D eigenvalue weighted by molar-refractivity contribution is 8.18. The van der Waals surface area contributed by atoms with E-state index >= 15 is 0 Å². The molecule has 10 heteroatoms. The molecule has 0 atom stereocenters. The molecule has 3 heterocycles. The molecule has 1 N–H and O–H groups in total. The van der Waals surface area contributed by atoms with Gasteiger partial charge in [0, 0.05) is 28.8 Å². The third-order valence-corrected chi connectivity index (χ3v) is 6.83. The van der Waals surface area contributed by atoms with Crippen LogP contribution in [-0.4, -0.2) is 47.0 Å². The average Bonchev–Trinajstić information content (AvgIpc) is 3.51. The summed E-state index contributed by atoms with van der Waals surface area (Å²) in [4.78, 5) is 39.3. The van der Waals surface area contributed by atoms with E-state index < -0.39 is 17.1 Å². The van der Waals surface area contributed by atoms with Crippen molar-refractivity contribution in [1.29, 1.82) is 0 Å². The first-order chi connectivity index (χ1) is 17.3. The Morgan fingerprint density at radius 2 is 1.83 bits per heavy atom. The van der Waals surface area contributed by atoms with Crippen LogP contribution in [0.2, 0.25) is 0 Å². The van der Waals surface area contributed by atoms with E-state index in [9.17, 15) is 14.4 Å². The summed E-state index contributed by atoms with van der Waals surface area (Å²) in [7, 11) is 1.62. The molecular formula is C26H23N3O6S. The number of hydrogen-bond donors (Lipinski definition) is 1. The highest BCUT2D eigenvalue weighted by atomic mass is 32.2. The number of aromatic nitrogens is 1. The number of benzene rings is 2. The molecule has 0 radical (unpaired) electrons. The van der Waals surface area contributed by atoms with Crippen molar-refractivity contribution in [2.75, 3.05) is 25.8 Å². The summed E-state index contributed by atoms with van der Waals surface area (Å²) in [6, 6.07) is 14.6. The monoisotopic (exact) mass is 505 g/mol. The van der Waals surface area contributed by atoms with E-state index in [1.807, 2.05) is 44.2 Å². The number of fused-ring (bicyclic) bond motifs is 1. The second-order valence-electron chi connectivity index (χ2n) is 8.24. The topological polar surface area (TPSA) is 99.1 Å². The number of carbonyl (C=O) groups is 3. The number of aryl methyl sites for hydroxylation is 1. The Labute approximate surface area is 211 Å². The highest BCUT2D eigenvalue weighted by Crippen LogP contribution is 2.35. The van der Waals surface area contributed by atoms with Gasteiger partial charge in [-0.3, -0.25) is 19.3 Å². The van der Waals surface area contributed by atoms with Crippen molar-refractivity contribution in [3.05, 3.63) is 70.4 Å². The van der Waals surface area contributed by atoms with Gasteiger partial charge in [0.1, 0.15) is 12.3 Å². The van der Waals surface area contributed by atoms with Crippen LogP contribution in [0.5, 0.6) is 17.2 Å². The lowest BCUT2D eigenvalue weighted by molar-refractivity contribution is -0.127. The molecule has 2 aliphatic heterocycles. The molecule has 0 saturated carbocycles. The Morgan fingerprint density at radius 1 is 1.08 bits per heavy atom. The van der Waals surface area contributed by atoms with Gasteiger partial charge >= 0.3 is 0 Å². The Kier molecular flexibility index (Phi) is 6.19. The van der Waals surface area contributed by atoms with Gasteiger partial charge in [-0.15, -0.1) is 0 Å². The molecule has 0 aliphatic carbocycles.